The number of nitrogens with two attached hydrogens (primary N) is 1. The number of nitro benzene ring substituents is 1. The Morgan fingerprint density at radius 2 is 2.00 bits per heavy atom. The molecule has 0 unspecified atom stereocenters. The SMILES string of the molecule is Nc1ccc([N+](=O)[O-])c2c1CCC2. The second-order valence-corrected chi connectivity index (χ2v) is 3.24. The summed E-state index contributed by atoms with van der Waals surface area (Å²) in [5.41, 5.74) is 8.45. The third-order valence-corrected chi connectivity index (χ3v) is 2.49. The van der Waals surface area contributed by atoms with Crippen molar-refractivity contribution in [3.8, 4) is 0 Å². The fourth-order valence-corrected chi connectivity index (χ4v) is 1.89. The van der Waals surface area contributed by atoms with Gasteiger partial charge in [-0.15, -0.1) is 0 Å². The Morgan fingerprint density at radius 1 is 1.31 bits per heavy atom. The van der Waals surface area contributed by atoms with Gasteiger partial charge in [0.1, 0.15) is 0 Å². The Hall–Kier alpha value is -1.58. The van der Waals surface area contributed by atoms with Crippen LogP contribution < -0.4 is 5.73 Å². The summed E-state index contributed by atoms with van der Waals surface area (Å²) in [6, 6.07) is 3.13. The van der Waals surface area contributed by atoms with Crippen molar-refractivity contribution in [2.45, 2.75) is 19.3 Å². The maximum Gasteiger partial charge on any atom is 0.273 e. The molecule has 0 aromatic heterocycles. The normalized spacial score (nSPS) is 14.2. The molecule has 1 aliphatic carbocycles. The molecule has 0 radical (unpaired) electrons. The van der Waals surface area contributed by atoms with Crippen LogP contribution in [0.2, 0.25) is 0 Å². The highest BCUT2D eigenvalue weighted by Crippen LogP contribution is 2.33. The minimum absolute atomic E-state index is 0.224. The van der Waals surface area contributed by atoms with Gasteiger partial charge >= 0.3 is 0 Å². The molecule has 1 aromatic rings. The van der Waals surface area contributed by atoms with E-state index >= 15 is 0 Å². The molecular formula is C9H10N2O2. The van der Waals surface area contributed by atoms with Gasteiger partial charge in [-0.1, -0.05) is 0 Å². The predicted octanol–water partition coefficient (Wildman–Crippen LogP) is 1.67. The lowest BCUT2D eigenvalue weighted by Gasteiger charge is -2.03. The standard InChI is InChI=1S/C9H10N2O2/c10-8-4-5-9(11(12)13)7-3-1-2-6(7)8/h4-5H,1-3,10H2. The number of hydrogen-bond acceptors (Lipinski definition) is 3. The maximum absolute atomic E-state index is 10.6. The van der Waals surface area contributed by atoms with Gasteiger partial charge in [0.05, 0.1) is 4.92 Å². The summed E-state index contributed by atoms with van der Waals surface area (Å²) in [4.78, 5) is 10.3. The van der Waals surface area contributed by atoms with Crippen molar-refractivity contribution in [3.63, 3.8) is 0 Å². The van der Waals surface area contributed by atoms with Crippen LogP contribution >= 0.6 is 0 Å². The van der Waals surface area contributed by atoms with Crippen LogP contribution in [0.4, 0.5) is 11.4 Å². The Kier molecular flexibility index (Phi) is 1.69. The summed E-state index contributed by atoms with van der Waals surface area (Å²) in [7, 11) is 0. The average molecular weight is 178 g/mol. The van der Waals surface area contributed by atoms with E-state index in [1.807, 2.05) is 0 Å². The van der Waals surface area contributed by atoms with Crippen LogP contribution in [0.25, 0.3) is 0 Å². The van der Waals surface area contributed by atoms with Crippen LogP contribution in [0.1, 0.15) is 17.5 Å². The fraction of sp³-hybridized carbons (Fsp3) is 0.333. The molecule has 4 nitrogen and oxygen atoms in total. The molecule has 0 amide bonds. The zero-order valence-corrected chi connectivity index (χ0v) is 7.12. The van der Waals surface area contributed by atoms with Crippen molar-refractivity contribution in [2.75, 3.05) is 5.73 Å². The summed E-state index contributed by atoms with van der Waals surface area (Å²) in [5.74, 6) is 0. The van der Waals surface area contributed by atoms with Crippen molar-refractivity contribution in [2.24, 2.45) is 0 Å². The van der Waals surface area contributed by atoms with Crippen molar-refractivity contribution >= 4 is 11.4 Å². The first-order valence-corrected chi connectivity index (χ1v) is 4.25. The molecule has 2 rings (SSSR count). The van der Waals surface area contributed by atoms with E-state index < -0.39 is 0 Å². The lowest BCUT2D eigenvalue weighted by molar-refractivity contribution is -0.385. The van der Waals surface area contributed by atoms with Gasteiger partial charge in [0, 0.05) is 17.3 Å². The van der Waals surface area contributed by atoms with Gasteiger partial charge in [-0.2, -0.15) is 0 Å². The Labute approximate surface area is 75.5 Å². The second kappa shape index (κ2) is 2.73. The molecule has 1 aromatic carbocycles. The smallest absolute Gasteiger partial charge is 0.273 e. The first-order chi connectivity index (χ1) is 6.20. The summed E-state index contributed by atoms with van der Waals surface area (Å²) < 4.78 is 0. The number of hydrogen-bond donors (Lipinski definition) is 1. The summed E-state index contributed by atoms with van der Waals surface area (Å²) in [6.07, 6.45) is 2.64. The maximum atomic E-state index is 10.6. The molecule has 0 heterocycles. The quantitative estimate of drug-likeness (QED) is 0.404. The molecule has 0 saturated heterocycles. The van der Waals surface area contributed by atoms with Crippen LogP contribution in [0, 0.1) is 10.1 Å². The molecular weight excluding hydrogens is 168 g/mol. The molecule has 0 fully saturated rings. The number of benzene rings is 1. The topological polar surface area (TPSA) is 69.2 Å². The van der Waals surface area contributed by atoms with Gasteiger partial charge < -0.3 is 5.73 Å². The van der Waals surface area contributed by atoms with E-state index in [4.69, 9.17) is 5.73 Å². The number of anilines is 1. The van der Waals surface area contributed by atoms with Crippen molar-refractivity contribution in [1.82, 2.24) is 0 Å². The highest BCUT2D eigenvalue weighted by Gasteiger charge is 2.23. The van der Waals surface area contributed by atoms with Gasteiger partial charge in [0.15, 0.2) is 0 Å². The number of nitrogens with zero attached hydrogens (tertiary/aromatic N) is 1. The molecule has 0 bridgehead atoms. The monoisotopic (exact) mass is 178 g/mol. The highest BCUT2D eigenvalue weighted by atomic mass is 16.6. The Bertz CT molecular complexity index is 374. The molecule has 1 aliphatic rings. The van der Waals surface area contributed by atoms with E-state index in [-0.39, 0.29) is 10.6 Å². The highest BCUT2D eigenvalue weighted by molar-refractivity contribution is 5.60. The molecule has 2 N–H and O–H groups in total. The van der Waals surface area contributed by atoms with Crippen molar-refractivity contribution in [1.29, 1.82) is 0 Å². The molecule has 68 valence electrons. The predicted molar refractivity (Wildman–Crippen MR) is 49.5 cm³/mol. The molecule has 0 aliphatic heterocycles. The Morgan fingerprint density at radius 3 is 2.69 bits per heavy atom. The number of nitro groups is 1. The number of rotatable bonds is 1. The summed E-state index contributed by atoms with van der Waals surface area (Å²) in [6.45, 7) is 0. The second-order valence-electron chi connectivity index (χ2n) is 3.24. The zero-order valence-electron chi connectivity index (χ0n) is 7.12. The van der Waals surface area contributed by atoms with Crippen LogP contribution in [0.3, 0.4) is 0 Å². The Balaban J connectivity index is 2.62. The van der Waals surface area contributed by atoms with Gasteiger partial charge in [0.2, 0.25) is 0 Å². The fourth-order valence-electron chi connectivity index (χ4n) is 1.89. The van der Waals surface area contributed by atoms with Crippen LogP contribution in [-0.2, 0) is 12.8 Å². The van der Waals surface area contributed by atoms with Crippen molar-refractivity contribution < 1.29 is 4.92 Å². The van der Waals surface area contributed by atoms with E-state index in [0.717, 1.165) is 30.4 Å². The summed E-state index contributed by atoms with van der Waals surface area (Å²) in [5, 5.41) is 10.6. The van der Waals surface area contributed by atoms with Crippen molar-refractivity contribution in [3.05, 3.63) is 33.4 Å². The number of nitrogen functional groups attached to an aromatic ring is 1. The first kappa shape index (κ1) is 8.04. The zero-order chi connectivity index (χ0) is 9.42. The van der Waals surface area contributed by atoms with Gasteiger partial charge in [0.25, 0.3) is 5.69 Å². The minimum Gasteiger partial charge on any atom is -0.398 e. The minimum atomic E-state index is -0.330. The van der Waals surface area contributed by atoms with E-state index in [9.17, 15) is 10.1 Å². The molecule has 0 atom stereocenters. The number of fused-ring (bicyclic) bond motifs is 1. The van der Waals surface area contributed by atoms with Crippen LogP contribution in [0.15, 0.2) is 12.1 Å². The molecule has 0 saturated carbocycles. The lowest BCUT2D eigenvalue weighted by atomic mass is 10.1. The van der Waals surface area contributed by atoms with Gasteiger partial charge in [-0.25, -0.2) is 0 Å². The molecule has 4 heteroatoms. The first-order valence-electron chi connectivity index (χ1n) is 4.25. The van der Waals surface area contributed by atoms with E-state index in [1.165, 1.54) is 6.07 Å². The third-order valence-electron chi connectivity index (χ3n) is 2.49. The van der Waals surface area contributed by atoms with Gasteiger partial charge in [-0.3, -0.25) is 10.1 Å². The summed E-state index contributed by atoms with van der Waals surface area (Å²) >= 11 is 0. The largest absolute Gasteiger partial charge is 0.398 e. The van der Waals surface area contributed by atoms with Gasteiger partial charge in [-0.05, 0) is 30.9 Å². The molecule has 13 heavy (non-hydrogen) atoms. The molecule has 0 spiro atoms. The average Bonchev–Trinajstić information content (AvgIpc) is 2.53. The van der Waals surface area contributed by atoms with E-state index in [1.54, 1.807) is 6.07 Å². The third kappa shape index (κ3) is 1.14. The van der Waals surface area contributed by atoms with Crippen LogP contribution in [-0.4, -0.2) is 4.92 Å². The van der Waals surface area contributed by atoms with E-state index in [0.29, 0.717) is 5.69 Å². The lowest BCUT2D eigenvalue weighted by Crippen LogP contribution is -1.98. The van der Waals surface area contributed by atoms with E-state index in [2.05, 4.69) is 0 Å². The van der Waals surface area contributed by atoms with Crippen LogP contribution in [0.5, 0.6) is 0 Å².